The van der Waals surface area contributed by atoms with E-state index in [-0.39, 0.29) is 29.2 Å². The Kier molecular flexibility index (Phi) is 9.90. The smallest absolute Gasteiger partial charge is 0.328 e. The molecule has 1 aromatic rings. The summed E-state index contributed by atoms with van der Waals surface area (Å²) >= 11 is 0. The van der Waals surface area contributed by atoms with Crippen LogP contribution in [0.1, 0.15) is 57.9 Å². The highest BCUT2D eigenvalue weighted by Gasteiger charge is 2.31. The van der Waals surface area contributed by atoms with E-state index in [1.807, 2.05) is 13.8 Å². The number of carbonyl (C=O) groups excluding carboxylic acids is 3. The van der Waals surface area contributed by atoms with Gasteiger partial charge in [-0.1, -0.05) is 13.8 Å². The van der Waals surface area contributed by atoms with Gasteiger partial charge in [-0.05, 0) is 38.5 Å². The van der Waals surface area contributed by atoms with Crippen molar-refractivity contribution in [3.05, 3.63) is 18.0 Å². The van der Waals surface area contributed by atoms with Crippen molar-refractivity contribution in [1.82, 2.24) is 10.3 Å². The van der Waals surface area contributed by atoms with Gasteiger partial charge in [0, 0.05) is 25.8 Å². The number of amides is 1. The van der Waals surface area contributed by atoms with Gasteiger partial charge in [-0.2, -0.15) is 0 Å². The Balaban J connectivity index is 2.00. The molecule has 1 saturated carbocycles. The zero-order valence-corrected chi connectivity index (χ0v) is 20.1. The third kappa shape index (κ3) is 8.20. The van der Waals surface area contributed by atoms with E-state index in [1.54, 1.807) is 6.92 Å². The molecule has 1 aliphatic carbocycles. The zero-order valence-electron chi connectivity index (χ0n) is 20.1. The fourth-order valence-electron chi connectivity index (χ4n) is 3.14. The molecule has 3 atom stereocenters. The summed E-state index contributed by atoms with van der Waals surface area (Å²) in [6.07, 6.45) is 2.99. The molecule has 1 heterocycles. The molecule has 184 valence electrons. The van der Waals surface area contributed by atoms with Gasteiger partial charge in [-0.3, -0.25) is 9.59 Å². The summed E-state index contributed by atoms with van der Waals surface area (Å²) < 4.78 is 26.9. The van der Waals surface area contributed by atoms with Crippen LogP contribution in [0.4, 0.5) is 0 Å². The lowest BCUT2D eigenvalue weighted by molar-refractivity contribution is -0.160. The van der Waals surface area contributed by atoms with Crippen molar-refractivity contribution < 1.29 is 38.1 Å². The van der Waals surface area contributed by atoms with Crippen molar-refractivity contribution in [1.29, 1.82) is 0 Å². The molecule has 1 amide bonds. The summed E-state index contributed by atoms with van der Waals surface area (Å²) in [4.78, 5) is 40.5. The zero-order chi connectivity index (χ0) is 24.5. The molecule has 0 radical (unpaired) electrons. The second-order valence-corrected chi connectivity index (χ2v) is 8.41. The lowest BCUT2D eigenvalue weighted by Gasteiger charge is -2.28. The molecule has 1 fully saturated rings. The Hall–Kier alpha value is -2.88. The number of aromatic nitrogens is 1. The van der Waals surface area contributed by atoms with Gasteiger partial charge >= 0.3 is 11.9 Å². The monoisotopic (exact) mass is 466 g/mol. The molecular formula is C23H34N2O8. The topological polar surface area (TPSA) is 122 Å². The minimum atomic E-state index is -0.953. The maximum Gasteiger partial charge on any atom is 0.328 e. The summed E-state index contributed by atoms with van der Waals surface area (Å²) in [6.45, 7) is 8.79. The number of hydrogen-bond acceptors (Lipinski definition) is 9. The Labute approximate surface area is 194 Å². The molecule has 1 N–H and O–H groups in total. The van der Waals surface area contributed by atoms with E-state index in [0.29, 0.717) is 12.5 Å². The fourth-order valence-corrected chi connectivity index (χ4v) is 3.14. The van der Waals surface area contributed by atoms with Crippen LogP contribution in [0.3, 0.4) is 0 Å². The molecule has 0 spiro atoms. The van der Waals surface area contributed by atoms with Crippen molar-refractivity contribution in [3.63, 3.8) is 0 Å². The predicted molar refractivity (Wildman–Crippen MR) is 118 cm³/mol. The number of methoxy groups -OCH3 is 1. The second kappa shape index (κ2) is 12.4. The number of pyridine rings is 1. The first-order chi connectivity index (χ1) is 15.6. The van der Waals surface area contributed by atoms with Crippen LogP contribution < -0.4 is 14.8 Å². The highest BCUT2D eigenvalue weighted by molar-refractivity contribution is 5.98. The Morgan fingerprint density at radius 3 is 2.45 bits per heavy atom. The number of ether oxygens (including phenoxy) is 5. The van der Waals surface area contributed by atoms with Gasteiger partial charge in [-0.25, -0.2) is 9.78 Å². The molecule has 33 heavy (non-hydrogen) atoms. The third-order valence-corrected chi connectivity index (χ3v) is 5.11. The third-order valence-electron chi connectivity index (χ3n) is 5.11. The van der Waals surface area contributed by atoms with Crippen molar-refractivity contribution in [2.75, 3.05) is 20.5 Å². The first-order valence-electron chi connectivity index (χ1n) is 11.1. The summed E-state index contributed by atoms with van der Waals surface area (Å²) in [5.41, 5.74) is -0.123. The molecule has 10 nitrogen and oxygen atoms in total. The van der Waals surface area contributed by atoms with E-state index < -0.39 is 36.8 Å². The highest BCUT2D eigenvalue weighted by atomic mass is 16.7. The average molecular weight is 467 g/mol. The Morgan fingerprint density at radius 2 is 1.88 bits per heavy atom. The maximum absolute atomic E-state index is 12.8. The summed E-state index contributed by atoms with van der Waals surface area (Å²) in [5.74, 6) is -0.847. The summed E-state index contributed by atoms with van der Waals surface area (Å²) in [7, 11) is 1.40. The van der Waals surface area contributed by atoms with Gasteiger partial charge in [0.25, 0.3) is 5.91 Å². The lowest BCUT2D eigenvalue weighted by atomic mass is 10.0. The van der Waals surface area contributed by atoms with Crippen molar-refractivity contribution in [2.45, 2.75) is 65.7 Å². The molecule has 0 unspecified atom stereocenters. The lowest BCUT2D eigenvalue weighted by Crippen LogP contribution is -2.44. The number of nitrogens with one attached hydrogen (secondary N) is 1. The number of carbonyl (C=O) groups is 3. The van der Waals surface area contributed by atoms with Crippen molar-refractivity contribution in [2.24, 2.45) is 11.8 Å². The minimum absolute atomic E-state index is 0.0129. The molecule has 0 bridgehead atoms. The van der Waals surface area contributed by atoms with Crippen molar-refractivity contribution in [3.8, 4) is 11.5 Å². The molecular weight excluding hydrogens is 432 g/mol. The van der Waals surface area contributed by atoms with Gasteiger partial charge in [0.2, 0.25) is 6.79 Å². The van der Waals surface area contributed by atoms with E-state index >= 15 is 0 Å². The highest BCUT2D eigenvalue weighted by Crippen LogP contribution is 2.31. The van der Waals surface area contributed by atoms with Gasteiger partial charge in [0.05, 0.1) is 13.2 Å². The first-order valence-corrected chi connectivity index (χ1v) is 11.1. The average Bonchev–Trinajstić information content (AvgIpc) is 3.57. The van der Waals surface area contributed by atoms with Crippen LogP contribution in [-0.2, 0) is 23.8 Å². The number of esters is 2. The molecule has 0 aliphatic heterocycles. The summed E-state index contributed by atoms with van der Waals surface area (Å²) in [5, 5.41) is 2.56. The summed E-state index contributed by atoms with van der Waals surface area (Å²) in [6, 6.07) is 0.540. The molecule has 0 saturated heterocycles. The number of rotatable bonds is 13. The van der Waals surface area contributed by atoms with E-state index in [1.165, 1.54) is 46.1 Å². The van der Waals surface area contributed by atoms with Crippen LogP contribution in [0, 0.1) is 11.8 Å². The predicted octanol–water partition coefficient (Wildman–Crippen LogP) is 2.49. The SMILES string of the molecule is COc1ccnc(C(=O)N[C@@H](C)C(=O)O[C@@H](C)[C@H](OCC2CC2)C(C)C)c1OCOC(C)=O. The largest absolute Gasteiger partial charge is 0.493 e. The standard InChI is InChI=1S/C23H34N2O8/c1-13(2)20(30-11-17-7-8-17)15(4)33-23(28)14(3)25-22(27)19-21(32-12-31-16(5)26)18(29-6)9-10-24-19/h9-10,13-15,17,20H,7-8,11-12H2,1-6H3,(H,25,27)/t14-,15-,20+/m0/s1. The molecule has 1 aromatic heterocycles. The van der Waals surface area contributed by atoms with Crippen LogP contribution in [0.15, 0.2) is 12.3 Å². The quantitative estimate of drug-likeness (QED) is 0.345. The first kappa shape index (κ1) is 26.4. The number of nitrogens with zero attached hydrogens (tertiary/aromatic N) is 1. The Morgan fingerprint density at radius 1 is 1.18 bits per heavy atom. The number of hydrogen-bond donors (Lipinski definition) is 1. The van der Waals surface area contributed by atoms with Gasteiger partial charge in [0.15, 0.2) is 17.2 Å². The van der Waals surface area contributed by atoms with E-state index in [9.17, 15) is 14.4 Å². The van der Waals surface area contributed by atoms with Gasteiger partial charge in [-0.15, -0.1) is 0 Å². The normalized spacial score (nSPS) is 15.8. The molecule has 1 aliphatic rings. The fraction of sp³-hybridized carbons (Fsp3) is 0.652. The minimum Gasteiger partial charge on any atom is -0.493 e. The second-order valence-electron chi connectivity index (χ2n) is 8.41. The van der Waals surface area contributed by atoms with E-state index in [4.69, 9.17) is 23.7 Å². The van der Waals surface area contributed by atoms with Crippen LogP contribution in [0.5, 0.6) is 11.5 Å². The van der Waals surface area contributed by atoms with Crippen molar-refractivity contribution >= 4 is 17.8 Å². The van der Waals surface area contributed by atoms with E-state index in [0.717, 1.165) is 0 Å². The molecule has 0 aromatic carbocycles. The maximum atomic E-state index is 12.8. The van der Waals surface area contributed by atoms with E-state index in [2.05, 4.69) is 10.3 Å². The van der Waals surface area contributed by atoms with Crippen LogP contribution in [0.2, 0.25) is 0 Å². The van der Waals surface area contributed by atoms with Crippen LogP contribution in [-0.4, -0.2) is 61.6 Å². The van der Waals surface area contributed by atoms with Gasteiger partial charge < -0.3 is 29.0 Å². The molecule has 10 heteroatoms. The Bertz CT molecular complexity index is 825. The molecule has 2 rings (SSSR count). The van der Waals surface area contributed by atoms with Gasteiger partial charge in [0.1, 0.15) is 12.1 Å². The van der Waals surface area contributed by atoms with Crippen LogP contribution >= 0.6 is 0 Å². The van der Waals surface area contributed by atoms with Crippen LogP contribution in [0.25, 0.3) is 0 Å².